The number of nitrogens with zero attached hydrogens (tertiary/aromatic N) is 6. The predicted molar refractivity (Wildman–Crippen MR) is 135 cm³/mol. The van der Waals surface area contributed by atoms with Crippen LogP contribution in [0, 0.1) is 0 Å². The molecular formula is C24H23N7O3S2. The molecule has 1 fully saturated rings. The summed E-state index contributed by atoms with van der Waals surface area (Å²) in [4.78, 5) is 25.6. The fraction of sp³-hybridized carbons (Fsp3) is 0.292. The molecule has 0 bridgehead atoms. The molecule has 2 aliphatic rings. The van der Waals surface area contributed by atoms with Crippen LogP contribution < -0.4 is 5.32 Å². The Kier molecular flexibility index (Phi) is 5.66. The molecule has 184 valence electrons. The van der Waals surface area contributed by atoms with Gasteiger partial charge in [-0.3, -0.25) is 14.5 Å². The predicted octanol–water partition coefficient (Wildman–Crippen LogP) is 3.16. The summed E-state index contributed by atoms with van der Waals surface area (Å²) in [5.74, 6) is -0.169. The highest BCUT2D eigenvalue weighted by atomic mass is 32.2. The van der Waals surface area contributed by atoms with Gasteiger partial charge in [0.15, 0.2) is 10.2 Å². The fourth-order valence-corrected chi connectivity index (χ4v) is 7.41. The number of rotatable bonds is 5. The van der Waals surface area contributed by atoms with Crippen molar-refractivity contribution >= 4 is 32.4 Å². The second-order valence-corrected chi connectivity index (χ2v) is 11.7. The number of anilines is 1. The Morgan fingerprint density at radius 2 is 2.06 bits per heavy atom. The monoisotopic (exact) mass is 521 g/mol. The van der Waals surface area contributed by atoms with Crippen molar-refractivity contribution in [1.82, 2.24) is 29.0 Å². The maximum absolute atomic E-state index is 13.2. The van der Waals surface area contributed by atoms with Crippen molar-refractivity contribution in [2.75, 3.05) is 18.4 Å². The summed E-state index contributed by atoms with van der Waals surface area (Å²) in [6.07, 6.45) is 7.12. The van der Waals surface area contributed by atoms with Crippen molar-refractivity contribution < 1.29 is 13.2 Å². The van der Waals surface area contributed by atoms with Crippen LogP contribution in [-0.4, -0.2) is 56.5 Å². The van der Waals surface area contributed by atoms with Crippen LogP contribution in [0.1, 0.15) is 30.6 Å². The summed E-state index contributed by atoms with van der Waals surface area (Å²) in [6.45, 7) is 2.14. The highest BCUT2D eigenvalue weighted by molar-refractivity contribution is 7.89. The molecule has 0 aromatic carbocycles. The Balaban J connectivity index is 1.43. The van der Waals surface area contributed by atoms with Gasteiger partial charge in [-0.05, 0) is 43.5 Å². The van der Waals surface area contributed by atoms with Gasteiger partial charge >= 0.3 is 0 Å². The molecule has 1 amide bonds. The zero-order valence-electron chi connectivity index (χ0n) is 19.5. The SMILES string of the molecule is CC(=O)Nc1nc2c(s1)-c1c(c(-c3cccnc3)nn1C1CCN(S(=O)(=O)c3ccccn3)C1)CC2. The van der Waals surface area contributed by atoms with E-state index in [4.69, 9.17) is 5.10 Å². The van der Waals surface area contributed by atoms with Gasteiger partial charge in [-0.15, -0.1) is 0 Å². The van der Waals surface area contributed by atoms with Crippen LogP contribution in [0.5, 0.6) is 0 Å². The molecule has 4 aromatic rings. The van der Waals surface area contributed by atoms with Crippen molar-refractivity contribution in [2.24, 2.45) is 0 Å². The highest BCUT2D eigenvalue weighted by Gasteiger charge is 2.38. The van der Waals surface area contributed by atoms with E-state index in [-0.39, 0.29) is 17.0 Å². The number of carbonyl (C=O) groups excluding carboxylic acids is 1. The first-order valence-corrected chi connectivity index (χ1v) is 13.9. The number of hydrogen-bond acceptors (Lipinski definition) is 8. The molecule has 36 heavy (non-hydrogen) atoms. The molecule has 5 heterocycles. The number of aromatic nitrogens is 5. The van der Waals surface area contributed by atoms with Gasteiger partial charge in [0.2, 0.25) is 5.91 Å². The third-order valence-electron chi connectivity index (χ3n) is 6.46. The first-order valence-electron chi connectivity index (χ1n) is 11.6. The van der Waals surface area contributed by atoms with Gasteiger partial charge in [-0.2, -0.15) is 9.40 Å². The Labute approximate surface area is 212 Å². The zero-order valence-corrected chi connectivity index (χ0v) is 21.1. The normalized spacial score (nSPS) is 17.5. The maximum atomic E-state index is 13.2. The molecule has 12 heteroatoms. The minimum Gasteiger partial charge on any atom is -0.302 e. The minimum absolute atomic E-state index is 0.0499. The van der Waals surface area contributed by atoms with E-state index in [9.17, 15) is 13.2 Å². The van der Waals surface area contributed by atoms with Gasteiger partial charge in [0, 0.05) is 49.7 Å². The van der Waals surface area contributed by atoms with Crippen LogP contribution in [0.2, 0.25) is 0 Å². The van der Waals surface area contributed by atoms with E-state index in [0.717, 1.165) is 45.9 Å². The molecule has 4 aromatic heterocycles. The lowest BCUT2D eigenvalue weighted by atomic mass is 9.95. The average molecular weight is 522 g/mol. The van der Waals surface area contributed by atoms with Crippen molar-refractivity contribution in [3.63, 3.8) is 0 Å². The molecule has 1 N–H and O–H groups in total. The second kappa shape index (κ2) is 8.87. The number of thiazole rings is 1. The maximum Gasteiger partial charge on any atom is 0.260 e. The summed E-state index contributed by atoms with van der Waals surface area (Å²) in [5.41, 5.74) is 4.74. The number of sulfonamides is 1. The molecule has 0 saturated carbocycles. The number of carbonyl (C=O) groups is 1. The molecule has 1 unspecified atom stereocenters. The molecule has 1 aliphatic heterocycles. The Morgan fingerprint density at radius 3 is 2.81 bits per heavy atom. The Bertz CT molecular complexity index is 1550. The lowest BCUT2D eigenvalue weighted by Gasteiger charge is -2.19. The van der Waals surface area contributed by atoms with Crippen LogP contribution in [0.3, 0.4) is 0 Å². The molecule has 0 radical (unpaired) electrons. The van der Waals surface area contributed by atoms with Gasteiger partial charge < -0.3 is 5.32 Å². The van der Waals surface area contributed by atoms with E-state index in [1.807, 2.05) is 16.8 Å². The summed E-state index contributed by atoms with van der Waals surface area (Å²) in [6, 6.07) is 8.61. The van der Waals surface area contributed by atoms with Crippen LogP contribution >= 0.6 is 11.3 Å². The van der Waals surface area contributed by atoms with Crippen molar-refractivity contribution in [3.05, 3.63) is 60.2 Å². The second-order valence-electron chi connectivity index (χ2n) is 8.81. The quantitative estimate of drug-likeness (QED) is 0.428. The van der Waals surface area contributed by atoms with Crippen LogP contribution in [-0.2, 0) is 27.7 Å². The molecule has 1 aliphatic carbocycles. The minimum atomic E-state index is -3.70. The lowest BCUT2D eigenvalue weighted by molar-refractivity contribution is -0.114. The highest BCUT2D eigenvalue weighted by Crippen LogP contribution is 2.45. The van der Waals surface area contributed by atoms with E-state index < -0.39 is 10.0 Å². The van der Waals surface area contributed by atoms with E-state index >= 15 is 0 Å². The Morgan fingerprint density at radius 1 is 1.17 bits per heavy atom. The van der Waals surface area contributed by atoms with Gasteiger partial charge in [0.1, 0.15) is 0 Å². The standard InChI is InChI=1S/C24H23N7O3S2/c1-15(32)27-24-28-19-8-7-18-21(16-5-4-10-25-13-16)29-31(22(18)23(19)35-24)17-9-12-30(14-17)36(33,34)20-6-2-3-11-26-20/h2-6,10-11,13,17H,7-9,12,14H2,1H3,(H,27,28,32). The number of fused-ring (bicyclic) bond motifs is 3. The molecule has 6 rings (SSSR count). The number of amides is 1. The van der Waals surface area contributed by atoms with E-state index in [0.29, 0.717) is 24.6 Å². The summed E-state index contributed by atoms with van der Waals surface area (Å²) in [5, 5.41) is 8.44. The van der Waals surface area contributed by atoms with E-state index in [1.165, 1.54) is 34.8 Å². The fourth-order valence-electron chi connectivity index (χ4n) is 4.86. The van der Waals surface area contributed by atoms with Crippen LogP contribution in [0.15, 0.2) is 53.9 Å². The first-order chi connectivity index (χ1) is 17.4. The van der Waals surface area contributed by atoms with Crippen molar-refractivity contribution in [2.45, 2.75) is 37.3 Å². The van der Waals surface area contributed by atoms with Crippen molar-refractivity contribution in [3.8, 4) is 21.8 Å². The number of pyridine rings is 2. The first kappa shape index (κ1) is 23.0. The van der Waals surface area contributed by atoms with Gasteiger partial charge in [0.05, 0.1) is 28.0 Å². The van der Waals surface area contributed by atoms with E-state index in [1.54, 1.807) is 24.5 Å². The third kappa shape index (κ3) is 3.91. The summed E-state index contributed by atoms with van der Waals surface area (Å²) >= 11 is 1.43. The van der Waals surface area contributed by atoms with Crippen LogP contribution in [0.4, 0.5) is 5.13 Å². The average Bonchev–Trinajstić information content (AvgIpc) is 3.61. The molecule has 1 saturated heterocycles. The van der Waals surface area contributed by atoms with E-state index in [2.05, 4.69) is 20.3 Å². The molecule has 1 atom stereocenters. The largest absolute Gasteiger partial charge is 0.302 e. The lowest BCUT2D eigenvalue weighted by Crippen LogP contribution is -2.30. The van der Waals surface area contributed by atoms with Gasteiger partial charge in [-0.25, -0.2) is 18.4 Å². The Hall–Kier alpha value is -3.48. The summed E-state index contributed by atoms with van der Waals surface area (Å²) in [7, 11) is -3.70. The molecule has 10 nitrogen and oxygen atoms in total. The number of aryl methyl sites for hydroxylation is 1. The number of hydrogen-bond donors (Lipinski definition) is 1. The van der Waals surface area contributed by atoms with Crippen LogP contribution in [0.25, 0.3) is 21.8 Å². The molecular weight excluding hydrogens is 498 g/mol. The third-order valence-corrected chi connectivity index (χ3v) is 9.27. The smallest absolute Gasteiger partial charge is 0.260 e. The van der Waals surface area contributed by atoms with Gasteiger partial charge in [0.25, 0.3) is 10.0 Å². The molecule has 0 spiro atoms. The number of nitrogens with one attached hydrogen (secondary N) is 1. The summed E-state index contributed by atoms with van der Waals surface area (Å²) < 4.78 is 29.9. The van der Waals surface area contributed by atoms with Crippen molar-refractivity contribution in [1.29, 1.82) is 0 Å². The van der Waals surface area contributed by atoms with Gasteiger partial charge in [-0.1, -0.05) is 17.4 Å². The zero-order chi connectivity index (χ0) is 24.9. The topological polar surface area (TPSA) is 123 Å².